The molecule has 0 radical (unpaired) electrons. The predicted octanol–water partition coefficient (Wildman–Crippen LogP) is 2.82. The number of rotatable bonds is 3. The Bertz CT molecular complexity index is 722. The molecule has 5 nitrogen and oxygen atoms in total. The largest absolute Gasteiger partial charge is 0.488 e. The van der Waals surface area contributed by atoms with Crippen LogP contribution in [0.25, 0.3) is 0 Å². The summed E-state index contributed by atoms with van der Waals surface area (Å²) in [6, 6.07) is 12.6. The zero-order valence-corrected chi connectivity index (χ0v) is 13.2. The molecular formula is C18H19FN2O3. The van der Waals surface area contributed by atoms with Gasteiger partial charge < -0.3 is 20.1 Å². The smallest absolute Gasteiger partial charge is 0.410 e. The van der Waals surface area contributed by atoms with Gasteiger partial charge in [-0.15, -0.1) is 0 Å². The van der Waals surface area contributed by atoms with Crippen molar-refractivity contribution in [3.8, 4) is 5.75 Å². The first-order chi connectivity index (χ1) is 11.7. The highest BCUT2D eigenvalue weighted by atomic mass is 19.1. The summed E-state index contributed by atoms with van der Waals surface area (Å²) in [6.07, 6.45) is -0.450. The molecule has 1 aliphatic heterocycles. The Morgan fingerprint density at radius 3 is 2.79 bits per heavy atom. The second kappa shape index (κ2) is 7.31. The molecule has 0 aliphatic carbocycles. The highest BCUT2D eigenvalue weighted by Gasteiger charge is 2.23. The Kier molecular flexibility index (Phi) is 4.96. The molecule has 126 valence electrons. The summed E-state index contributed by atoms with van der Waals surface area (Å²) in [5.74, 6) is -0.266. The minimum Gasteiger partial charge on any atom is -0.488 e. The second-order valence-electron chi connectivity index (χ2n) is 5.58. The highest BCUT2D eigenvalue weighted by Crippen LogP contribution is 2.28. The maximum Gasteiger partial charge on any atom is 0.410 e. The molecule has 1 heterocycles. The number of benzene rings is 2. The van der Waals surface area contributed by atoms with Crippen LogP contribution in [0.5, 0.6) is 5.75 Å². The van der Waals surface area contributed by atoms with Gasteiger partial charge in [0.25, 0.3) is 0 Å². The van der Waals surface area contributed by atoms with Crippen LogP contribution in [0.2, 0.25) is 0 Å². The van der Waals surface area contributed by atoms with Gasteiger partial charge in [-0.2, -0.15) is 0 Å². The van der Waals surface area contributed by atoms with E-state index in [2.05, 4.69) is 0 Å². The molecule has 24 heavy (non-hydrogen) atoms. The van der Waals surface area contributed by atoms with Crippen molar-refractivity contribution in [2.45, 2.75) is 19.7 Å². The van der Waals surface area contributed by atoms with Crippen LogP contribution in [-0.4, -0.2) is 24.1 Å². The monoisotopic (exact) mass is 330 g/mol. The molecule has 0 aromatic heterocycles. The van der Waals surface area contributed by atoms with Crippen molar-refractivity contribution in [1.29, 1.82) is 0 Å². The topological polar surface area (TPSA) is 64.8 Å². The van der Waals surface area contributed by atoms with Crippen LogP contribution < -0.4 is 10.5 Å². The van der Waals surface area contributed by atoms with Crippen molar-refractivity contribution in [1.82, 2.24) is 4.90 Å². The van der Waals surface area contributed by atoms with Crippen LogP contribution in [-0.2, 0) is 24.4 Å². The van der Waals surface area contributed by atoms with Gasteiger partial charge in [-0.05, 0) is 23.3 Å². The zero-order chi connectivity index (χ0) is 16.9. The SMILES string of the molecule is NCc1cc(F)c2c(c1)CN(C(=O)OCc1ccccc1)CCO2. The summed E-state index contributed by atoms with van der Waals surface area (Å²) >= 11 is 0. The van der Waals surface area contributed by atoms with Gasteiger partial charge in [0.1, 0.15) is 13.2 Å². The lowest BCUT2D eigenvalue weighted by Crippen LogP contribution is -2.32. The lowest BCUT2D eigenvalue weighted by Gasteiger charge is -2.19. The first-order valence-corrected chi connectivity index (χ1v) is 7.77. The first-order valence-electron chi connectivity index (χ1n) is 7.77. The molecule has 0 spiro atoms. The van der Waals surface area contributed by atoms with E-state index in [1.165, 1.54) is 11.0 Å². The van der Waals surface area contributed by atoms with Crippen molar-refractivity contribution in [3.63, 3.8) is 0 Å². The molecule has 0 fully saturated rings. The molecule has 0 unspecified atom stereocenters. The van der Waals surface area contributed by atoms with Gasteiger partial charge >= 0.3 is 6.09 Å². The predicted molar refractivity (Wildman–Crippen MR) is 86.8 cm³/mol. The van der Waals surface area contributed by atoms with E-state index in [-0.39, 0.29) is 32.1 Å². The van der Waals surface area contributed by atoms with Crippen LogP contribution in [0, 0.1) is 5.82 Å². The highest BCUT2D eigenvalue weighted by molar-refractivity contribution is 5.68. The number of carbonyl (C=O) groups is 1. The number of hydrogen-bond acceptors (Lipinski definition) is 4. The number of nitrogens with zero attached hydrogens (tertiary/aromatic N) is 1. The number of fused-ring (bicyclic) bond motifs is 1. The third-order valence-corrected chi connectivity index (χ3v) is 3.85. The van der Waals surface area contributed by atoms with E-state index < -0.39 is 11.9 Å². The Labute approximate surface area is 139 Å². The Morgan fingerprint density at radius 2 is 2.04 bits per heavy atom. The molecule has 2 N–H and O–H groups in total. The fourth-order valence-corrected chi connectivity index (χ4v) is 2.62. The normalized spacial score (nSPS) is 13.7. The van der Waals surface area contributed by atoms with Crippen LogP contribution >= 0.6 is 0 Å². The van der Waals surface area contributed by atoms with Gasteiger partial charge in [0.15, 0.2) is 11.6 Å². The van der Waals surface area contributed by atoms with E-state index in [1.54, 1.807) is 6.07 Å². The van der Waals surface area contributed by atoms with Crippen molar-refractivity contribution < 1.29 is 18.7 Å². The molecule has 3 rings (SSSR count). The molecular weight excluding hydrogens is 311 g/mol. The van der Waals surface area contributed by atoms with Gasteiger partial charge in [-0.3, -0.25) is 0 Å². The van der Waals surface area contributed by atoms with Crippen molar-refractivity contribution in [3.05, 3.63) is 65.0 Å². The van der Waals surface area contributed by atoms with Crippen LogP contribution in [0.1, 0.15) is 16.7 Å². The molecule has 0 saturated heterocycles. The van der Waals surface area contributed by atoms with Gasteiger partial charge in [0.05, 0.1) is 13.1 Å². The number of carbonyl (C=O) groups excluding carboxylic acids is 1. The molecule has 1 aliphatic rings. The van der Waals surface area contributed by atoms with Crippen molar-refractivity contribution >= 4 is 6.09 Å². The van der Waals surface area contributed by atoms with E-state index in [9.17, 15) is 9.18 Å². The molecule has 1 amide bonds. The molecule has 6 heteroatoms. The minimum absolute atomic E-state index is 0.186. The molecule has 0 bridgehead atoms. The Balaban J connectivity index is 1.71. The van der Waals surface area contributed by atoms with Crippen LogP contribution in [0.3, 0.4) is 0 Å². The summed E-state index contributed by atoms with van der Waals surface area (Å²) in [7, 11) is 0. The van der Waals surface area contributed by atoms with E-state index >= 15 is 0 Å². The summed E-state index contributed by atoms with van der Waals surface area (Å²) in [4.78, 5) is 13.8. The number of amides is 1. The number of halogens is 1. The number of ether oxygens (including phenoxy) is 2. The molecule has 0 atom stereocenters. The maximum absolute atomic E-state index is 14.1. The van der Waals surface area contributed by atoms with Gasteiger partial charge in [-0.1, -0.05) is 30.3 Å². The summed E-state index contributed by atoms with van der Waals surface area (Å²) in [5.41, 5.74) is 7.76. The summed E-state index contributed by atoms with van der Waals surface area (Å²) < 4.78 is 24.9. The van der Waals surface area contributed by atoms with Gasteiger partial charge in [-0.25, -0.2) is 9.18 Å². The van der Waals surface area contributed by atoms with Gasteiger partial charge in [0.2, 0.25) is 0 Å². The third kappa shape index (κ3) is 3.65. The lowest BCUT2D eigenvalue weighted by molar-refractivity contribution is 0.0912. The van der Waals surface area contributed by atoms with Crippen molar-refractivity contribution in [2.24, 2.45) is 5.73 Å². The summed E-state index contributed by atoms with van der Waals surface area (Å²) in [5, 5.41) is 0. The maximum atomic E-state index is 14.1. The van der Waals surface area contributed by atoms with Crippen LogP contribution in [0.4, 0.5) is 9.18 Å². The molecule has 2 aromatic carbocycles. The van der Waals surface area contributed by atoms with E-state index in [1.807, 2.05) is 30.3 Å². The molecule has 2 aromatic rings. The number of nitrogens with two attached hydrogens (primary N) is 1. The summed E-state index contributed by atoms with van der Waals surface area (Å²) in [6.45, 7) is 1.20. The fourth-order valence-electron chi connectivity index (χ4n) is 2.62. The van der Waals surface area contributed by atoms with E-state index in [0.717, 1.165) is 5.56 Å². The minimum atomic E-state index is -0.451. The Morgan fingerprint density at radius 1 is 1.25 bits per heavy atom. The fraction of sp³-hybridized carbons (Fsp3) is 0.278. The number of hydrogen-bond donors (Lipinski definition) is 1. The lowest BCUT2D eigenvalue weighted by atomic mass is 10.1. The van der Waals surface area contributed by atoms with Gasteiger partial charge in [0, 0.05) is 12.1 Å². The average molecular weight is 330 g/mol. The van der Waals surface area contributed by atoms with E-state index in [4.69, 9.17) is 15.2 Å². The zero-order valence-electron chi connectivity index (χ0n) is 13.2. The van der Waals surface area contributed by atoms with E-state index in [0.29, 0.717) is 17.7 Å². The second-order valence-corrected chi connectivity index (χ2v) is 5.58. The molecule has 0 saturated carbocycles. The third-order valence-electron chi connectivity index (χ3n) is 3.85. The average Bonchev–Trinajstić information content (AvgIpc) is 2.83. The van der Waals surface area contributed by atoms with Crippen LogP contribution in [0.15, 0.2) is 42.5 Å². The Hall–Kier alpha value is -2.60. The van der Waals surface area contributed by atoms with Crippen molar-refractivity contribution in [2.75, 3.05) is 13.2 Å². The quantitative estimate of drug-likeness (QED) is 0.940. The first kappa shape index (κ1) is 16.3. The standard InChI is InChI=1S/C18H19FN2O3/c19-16-9-14(10-20)8-15-11-21(6-7-23-17(15)16)18(22)24-12-13-4-2-1-3-5-13/h1-5,8-9H,6-7,10-12,20H2.